The van der Waals surface area contributed by atoms with Gasteiger partial charge in [0, 0.05) is 18.3 Å². The highest BCUT2D eigenvalue weighted by Gasteiger charge is 2.19. The van der Waals surface area contributed by atoms with Gasteiger partial charge in [0.15, 0.2) is 0 Å². The van der Waals surface area contributed by atoms with E-state index >= 15 is 0 Å². The molecule has 0 aliphatic carbocycles. The van der Waals surface area contributed by atoms with Gasteiger partial charge in [-0.3, -0.25) is 9.59 Å². The summed E-state index contributed by atoms with van der Waals surface area (Å²) in [5, 5.41) is 3.44. The molecular formula is C14H17N3O3. The van der Waals surface area contributed by atoms with E-state index in [2.05, 4.69) is 22.2 Å². The lowest BCUT2D eigenvalue weighted by molar-refractivity contribution is 0.0232. The Morgan fingerprint density at radius 1 is 1.20 bits per heavy atom. The molecule has 0 saturated carbocycles. The zero-order valence-corrected chi connectivity index (χ0v) is 11.2. The SMILES string of the molecule is CC1CC(Nc2ccc3[nH]c(=O)c(=O)[nH]c3c2)CCO1. The van der Waals surface area contributed by atoms with Crippen molar-refractivity contribution in [2.24, 2.45) is 0 Å². The van der Waals surface area contributed by atoms with Crippen molar-refractivity contribution in [1.29, 1.82) is 0 Å². The molecule has 1 fully saturated rings. The molecule has 2 atom stereocenters. The molecule has 0 spiro atoms. The Hall–Kier alpha value is -2.08. The minimum Gasteiger partial charge on any atom is -0.382 e. The molecule has 20 heavy (non-hydrogen) atoms. The maximum atomic E-state index is 11.3. The first-order valence-corrected chi connectivity index (χ1v) is 6.76. The zero-order valence-electron chi connectivity index (χ0n) is 11.2. The van der Waals surface area contributed by atoms with Gasteiger partial charge < -0.3 is 20.0 Å². The fourth-order valence-corrected chi connectivity index (χ4v) is 2.57. The molecule has 106 valence electrons. The van der Waals surface area contributed by atoms with E-state index in [4.69, 9.17) is 4.74 Å². The van der Waals surface area contributed by atoms with Gasteiger partial charge in [0.1, 0.15) is 0 Å². The molecule has 0 radical (unpaired) electrons. The molecule has 0 amide bonds. The molecule has 1 saturated heterocycles. The van der Waals surface area contributed by atoms with Crippen LogP contribution in [0.1, 0.15) is 19.8 Å². The van der Waals surface area contributed by atoms with Gasteiger partial charge in [-0.1, -0.05) is 0 Å². The summed E-state index contributed by atoms with van der Waals surface area (Å²) >= 11 is 0. The number of aromatic amines is 2. The summed E-state index contributed by atoms with van der Waals surface area (Å²) in [5.41, 5.74) is 0.922. The number of ether oxygens (including phenoxy) is 1. The summed E-state index contributed by atoms with van der Waals surface area (Å²) in [6, 6.07) is 5.90. The summed E-state index contributed by atoms with van der Waals surface area (Å²) in [7, 11) is 0. The van der Waals surface area contributed by atoms with Gasteiger partial charge in [-0.2, -0.15) is 0 Å². The number of benzene rings is 1. The summed E-state index contributed by atoms with van der Waals surface area (Å²) in [4.78, 5) is 27.7. The average Bonchev–Trinajstić information content (AvgIpc) is 2.40. The van der Waals surface area contributed by atoms with Gasteiger partial charge in [-0.15, -0.1) is 0 Å². The Morgan fingerprint density at radius 2 is 1.95 bits per heavy atom. The summed E-state index contributed by atoms with van der Waals surface area (Å²) < 4.78 is 5.52. The van der Waals surface area contributed by atoms with Gasteiger partial charge in [0.05, 0.1) is 17.1 Å². The first-order chi connectivity index (χ1) is 9.61. The van der Waals surface area contributed by atoms with Crippen LogP contribution in [0, 0.1) is 0 Å². The number of aromatic nitrogens is 2. The van der Waals surface area contributed by atoms with Gasteiger partial charge in [-0.05, 0) is 38.0 Å². The van der Waals surface area contributed by atoms with E-state index in [0.717, 1.165) is 25.1 Å². The van der Waals surface area contributed by atoms with Crippen LogP contribution in [0.5, 0.6) is 0 Å². The van der Waals surface area contributed by atoms with Gasteiger partial charge in [-0.25, -0.2) is 0 Å². The average molecular weight is 275 g/mol. The number of hydrogen-bond donors (Lipinski definition) is 3. The highest BCUT2D eigenvalue weighted by atomic mass is 16.5. The third-order valence-electron chi connectivity index (χ3n) is 3.58. The Labute approximate surface area is 115 Å². The lowest BCUT2D eigenvalue weighted by Gasteiger charge is -2.28. The minimum atomic E-state index is -0.630. The van der Waals surface area contributed by atoms with Gasteiger partial charge in [0.25, 0.3) is 0 Å². The van der Waals surface area contributed by atoms with Crippen LogP contribution in [0.15, 0.2) is 27.8 Å². The number of hydrogen-bond acceptors (Lipinski definition) is 4. The number of nitrogens with one attached hydrogen (secondary N) is 3. The van der Waals surface area contributed by atoms with Crippen molar-refractivity contribution in [3.63, 3.8) is 0 Å². The van der Waals surface area contributed by atoms with E-state index < -0.39 is 11.1 Å². The summed E-state index contributed by atoms with van der Waals surface area (Å²) in [6.45, 7) is 2.83. The van der Waals surface area contributed by atoms with Crippen molar-refractivity contribution in [2.45, 2.75) is 31.9 Å². The molecule has 3 rings (SSSR count). The van der Waals surface area contributed by atoms with E-state index in [0.29, 0.717) is 17.1 Å². The first kappa shape index (κ1) is 12.9. The van der Waals surface area contributed by atoms with Crippen LogP contribution in [0.2, 0.25) is 0 Å². The van der Waals surface area contributed by atoms with Crippen molar-refractivity contribution in [1.82, 2.24) is 9.97 Å². The molecule has 2 aromatic rings. The van der Waals surface area contributed by atoms with E-state index in [1.165, 1.54) is 0 Å². The minimum absolute atomic E-state index is 0.262. The molecule has 1 aliphatic heterocycles. The normalized spacial score (nSPS) is 22.9. The third-order valence-corrected chi connectivity index (χ3v) is 3.58. The Kier molecular flexibility index (Phi) is 3.31. The third kappa shape index (κ3) is 2.60. The predicted octanol–water partition coefficient (Wildman–Crippen LogP) is 1.20. The number of anilines is 1. The smallest absolute Gasteiger partial charge is 0.314 e. The molecule has 2 heterocycles. The van der Waals surface area contributed by atoms with Gasteiger partial charge in [0.2, 0.25) is 0 Å². The highest BCUT2D eigenvalue weighted by Crippen LogP contribution is 2.20. The van der Waals surface area contributed by atoms with E-state index in [-0.39, 0.29) is 6.10 Å². The second-order valence-corrected chi connectivity index (χ2v) is 5.22. The number of H-pyrrole nitrogens is 2. The molecule has 1 aromatic carbocycles. The molecule has 2 unspecified atom stereocenters. The Balaban J connectivity index is 1.87. The Morgan fingerprint density at radius 3 is 2.70 bits per heavy atom. The monoisotopic (exact) mass is 275 g/mol. The summed E-state index contributed by atoms with van der Waals surface area (Å²) in [5.74, 6) is 0. The second-order valence-electron chi connectivity index (χ2n) is 5.22. The zero-order chi connectivity index (χ0) is 14.1. The van der Waals surface area contributed by atoms with Crippen molar-refractivity contribution < 1.29 is 4.74 Å². The standard InChI is InChI=1S/C14H17N3O3/c1-8-6-10(4-5-20-8)15-9-2-3-11-12(7-9)17-14(19)13(18)16-11/h2-3,7-8,10,15H,4-6H2,1H3,(H,16,18)(H,17,19). The molecule has 1 aromatic heterocycles. The lowest BCUT2D eigenvalue weighted by Crippen LogP contribution is -2.32. The van der Waals surface area contributed by atoms with E-state index in [9.17, 15) is 9.59 Å². The fourth-order valence-electron chi connectivity index (χ4n) is 2.57. The molecule has 6 heteroatoms. The molecular weight excluding hydrogens is 258 g/mol. The lowest BCUT2D eigenvalue weighted by atomic mass is 10.0. The van der Waals surface area contributed by atoms with Crippen LogP contribution in [-0.4, -0.2) is 28.7 Å². The molecule has 6 nitrogen and oxygen atoms in total. The fraction of sp³-hybridized carbons (Fsp3) is 0.429. The quantitative estimate of drug-likeness (QED) is 0.719. The largest absolute Gasteiger partial charge is 0.382 e. The van der Waals surface area contributed by atoms with Crippen molar-refractivity contribution in [3.8, 4) is 0 Å². The van der Waals surface area contributed by atoms with E-state index in [1.54, 1.807) is 6.07 Å². The second kappa shape index (κ2) is 5.13. The number of fused-ring (bicyclic) bond motifs is 1. The Bertz CT molecular complexity index is 734. The first-order valence-electron chi connectivity index (χ1n) is 6.76. The molecule has 0 bridgehead atoms. The summed E-state index contributed by atoms with van der Waals surface area (Å²) in [6.07, 6.45) is 2.18. The maximum Gasteiger partial charge on any atom is 0.314 e. The maximum absolute atomic E-state index is 11.3. The highest BCUT2D eigenvalue weighted by molar-refractivity contribution is 5.78. The van der Waals surface area contributed by atoms with Crippen molar-refractivity contribution in [3.05, 3.63) is 38.9 Å². The van der Waals surface area contributed by atoms with Crippen LogP contribution in [0.4, 0.5) is 5.69 Å². The number of rotatable bonds is 2. The molecule has 3 N–H and O–H groups in total. The predicted molar refractivity (Wildman–Crippen MR) is 77.2 cm³/mol. The van der Waals surface area contributed by atoms with Gasteiger partial charge >= 0.3 is 11.1 Å². The van der Waals surface area contributed by atoms with Crippen LogP contribution in [-0.2, 0) is 4.74 Å². The van der Waals surface area contributed by atoms with Crippen LogP contribution < -0.4 is 16.4 Å². The topological polar surface area (TPSA) is 87.0 Å². The van der Waals surface area contributed by atoms with Crippen molar-refractivity contribution >= 4 is 16.7 Å². The van der Waals surface area contributed by atoms with Crippen molar-refractivity contribution in [2.75, 3.05) is 11.9 Å². The van der Waals surface area contributed by atoms with Crippen LogP contribution in [0.25, 0.3) is 11.0 Å². The van der Waals surface area contributed by atoms with E-state index in [1.807, 2.05) is 12.1 Å². The molecule has 1 aliphatic rings. The van der Waals surface area contributed by atoms with Crippen LogP contribution >= 0.6 is 0 Å². The van der Waals surface area contributed by atoms with Crippen LogP contribution in [0.3, 0.4) is 0 Å².